The van der Waals surface area contributed by atoms with E-state index in [2.05, 4.69) is 30.5 Å². The molecule has 1 unspecified atom stereocenters. The normalized spacial score (nSPS) is 25.7. The number of hydrogen-bond acceptors (Lipinski definition) is 10. The highest BCUT2D eigenvalue weighted by atomic mass is 35.5. The highest BCUT2D eigenvalue weighted by Gasteiger charge is 2.37. The molecular weight excluding hydrogens is 618 g/mol. The Morgan fingerprint density at radius 2 is 2.00 bits per heavy atom. The van der Waals surface area contributed by atoms with Crippen molar-refractivity contribution in [3.63, 3.8) is 0 Å². The second-order valence-electron chi connectivity index (χ2n) is 11.6. The number of morpholine rings is 1. The monoisotopic (exact) mass is 655 g/mol. The minimum absolute atomic E-state index is 0.0591. The van der Waals surface area contributed by atoms with E-state index in [1.165, 1.54) is 6.92 Å². The Labute approximate surface area is 264 Å². The molecule has 0 amide bonds. The first kappa shape index (κ1) is 33.2. The third kappa shape index (κ3) is 7.79. The van der Waals surface area contributed by atoms with E-state index >= 15 is 4.39 Å². The van der Waals surface area contributed by atoms with Crippen LogP contribution in [-0.2, 0) is 4.74 Å². The summed E-state index contributed by atoms with van der Waals surface area (Å²) in [7, 11) is 0. The molecule has 0 radical (unpaired) electrons. The lowest BCUT2D eigenvalue weighted by atomic mass is 10.0. The fourth-order valence-corrected chi connectivity index (χ4v) is 6.11. The Hall–Kier alpha value is -3.20. The minimum atomic E-state index is -4.87. The van der Waals surface area contributed by atoms with Gasteiger partial charge in [-0.15, -0.1) is 0 Å². The van der Waals surface area contributed by atoms with Gasteiger partial charge in [0, 0.05) is 49.0 Å². The molecule has 5 heterocycles. The number of fused-ring (bicyclic) bond motifs is 1. The highest BCUT2D eigenvalue weighted by molar-refractivity contribution is 6.25. The molecule has 2 saturated heterocycles. The van der Waals surface area contributed by atoms with E-state index in [-0.39, 0.29) is 58.6 Å². The van der Waals surface area contributed by atoms with Crippen molar-refractivity contribution >= 4 is 34.4 Å². The van der Waals surface area contributed by atoms with Gasteiger partial charge in [-0.1, -0.05) is 11.6 Å². The van der Waals surface area contributed by atoms with Gasteiger partial charge in [-0.05, 0) is 57.8 Å². The molecule has 0 spiro atoms. The van der Waals surface area contributed by atoms with E-state index in [1.807, 2.05) is 13.8 Å². The average molecular weight is 656 g/mol. The lowest BCUT2D eigenvalue weighted by Crippen LogP contribution is -2.46. The van der Waals surface area contributed by atoms with Gasteiger partial charge >= 0.3 is 12.2 Å². The fourth-order valence-electron chi connectivity index (χ4n) is 6.04. The van der Waals surface area contributed by atoms with Crippen LogP contribution in [0, 0.1) is 5.82 Å². The predicted octanol–water partition coefficient (Wildman–Crippen LogP) is 4.90. The Balaban J connectivity index is 1.62. The maximum Gasteiger partial charge on any atom is 0.416 e. The van der Waals surface area contributed by atoms with Gasteiger partial charge in [0.25, 0.3) is 0 Å². The molecule has 0 aliphatic carbocycles. The highest BCUT2D eigenvalue weighted by Crippen LogP contribution is 2.38. The summed E-state index contributed by atoms with van der Waals surface area (Å²) in [6.07, 6.45) is -1.18. The van der Waals surface area contributed by atoms with E-state index in [9.17, 15) is 13.2 Å². The summed E-state index contributed by atoms with van der Waals surface area (Å²) < 4.78 is 76.9. The van der Waals surface area contributed by atoms with Gasteiger partial charge in [-0.25, -0.2) is 9.37 Å². The summed E-state index contributed by atoms with van der Waals surface area (Å²) in [6.45, 7) is 8.35. The van der Waals surface area contributed by atoms with E-state index in [1.54, 1.807) is 0 Å². The summed E-state index contributed by atoms with van der Waals surface area (Å²) in [5.74, 6) is -0.965. The number of nitrogens with two attached hydrogens (primary N) is 1. The quantitative estimate of drug-likeness (QED) is 0.293. The number of hydrogen-bond donors (Lipinski definition) is 3. The third-order valence-corrected chi connectivity index (χ3v) is 8.42. The molecule has 246 valence electrons. The number of ether oxygens (including phenoxy) is 3. The molecule has 4 N–H and O–H groups in total. The van der Waals surface area contributed by atoms with E-state index < -0.39 is 29.4 Å². The standard InChI is InChI=1S/C30H38ClF4N7O3/c1-16(10-19(36)13-31)22(30(33,34)35)12-23-25(32)26-24-27(38-7-6-37-17(2)11-18(3)45-28(24)39-23)41-29(40-26)44-15-21-5-4-20-14-43-9-8-42(20)21/h10,12-13,17-18,20-21,37H,4-9,11,14-15,36H2,1-3H3,(H,38,40,41)/b16-10-,19-13-,22-12-/t17?,18-,20-,21-/m0/s1. The number of rotatable bonds is 6. The van der Waals surface area contributed by atoms with Gasteiger partial charge in [0.2, 0.25) is 5.88 Å². The molecule has 2 aromatic rings. The zero-order valence-electron chi connectivity index (χ0n) is 25.4. The van der Waals surface area contributed by atoms with Crippen molar-refractivity contribution in [2.75, 3.05) is 44.8 Å². The molecule has 10 nitrogen and oxygen atoms in total. The molecule has 3 aliphatic heterocycles. The zero-order valence-corrected chi connectivity index (χ0v) is 26.1. The van der Waals surface area contributed by atoms with Gasteiger partial charge < -0.3 is 30.6 Å². The summed E-state index contributed by atoms with van der Waals surface area (Å²) >= 11 is 5.57. The number of alkyl halides is 3. The first-order chi connectivity index (χ1) is 21.4. The van der Waals surface area contributed by atoms with Gasteiger partial charge in [-0.2, -0.15) is 23.1 Å². The number of aromatic nitrogens is 3. The maximum atomic E-state index is 16.3. The van der Waals surface area contributed by atoms with E-state index in [4.69, 9.17) is 31.5 Å². The molecular formula is C30H38ClF4N7O3. The van der Waals surface area contributed by atoms with Crippen LogP contribution in [0.4, 0.5) is 23.4 Å². The summed E-state index contributed by atoms with van der Waals surface area (Å²) in [5, 5.41) is 6.68. The first-order valence-electron chi connectivity index (χ1n) is 15.0. The number of halogens is 5. The Morgan fingerprint density at radius 3 is 2.76 bits per heavy atom. The van der Waals surface area contributed by atoms with Crippen LogP contribution >= 0.6 is 11.6 Å². The van der Waals surface area contributed by atoms with Gasteiger partial charge in [0.15, 0.2) is 5.82 Å². The Bertz CT molecular complexity index is 1490. The number of anilines is 1. The third-order valence-electron chi connectivity index (χ3n) is 8.17. The van der Waals surface area contributed by atoms with Crippen molar-refractivity contribution in [3.8, 4) is 11.9 Å². The van der Waals surface area contributed by atoms with Crippen LogP contribution in [0.5, 0.6) is 11.9 Å². The molecule has 2 aromatic heterocycles. The Morgan fingerprint density at radius 1 is 1.20 bits per heavy atom. The van der Waals surface area contributed by atoms with Crippen LogP contribution in [-0.4, -0.2) is 89.7 Å². The minimum Gasteiger partial charge on any atom is -0.474 e. The van der Waals surface area contributed by atoms with Crippen LogP contribution in [0.2, 0.25) is 0 Å². The molecule has 5 rings (SSSR count). The van der Waals surface area contributed by atoms with E-state index in [0.29, 0.717) is 44.8 Å². The van der Waals surface area contributed by atoms with Crippen LogP contribution in [0.25, 0.3) is 17.0 Å². The van der Waals surface area contributed by atoms with Crippen LogP contribution in [0.1, 0.15) is 45.7 Å². The number of allylic oxidation sites excluding steroid dienone is 3. The van der Waals surface area contributed by atoms with Gasteiger partial charge in [-0.3, -0.25) is 4.90 Å². The van der Waals surface area contributed by atoms with Crippen LogP contribution < -0.4 is 25.8 Å². The van der Waals surface area contributed by atoms with Crippen molar-refractivity contribution < 1.29 is 31.8 Å². The topological polar surface area (TPSA) is 120 Å². The zero-order chi connectivity index (χ0) is 32.3. The van der Waals surface area contributed by atoms with E-state index in [0.717, 1.165) is 31.0 Å². The molecule has 0 bridgehead atoms. The molecule has 0 aromatic carbocycles. The first-order valence-corrected chi connectivity index (χ1v) is 15.4. The SMILES string of the molecule is CC(=C/C(N)=C/Cl)/C(=C/c1nc2c3c(nc(OC[C@@H]4CC[C@H]5COCCN54)nc3c1F)NCCNC(C)C[C@H](C)O2)C(F)(F)F. The second-order valence-corrected chi connectivity index (χ2v) is 11.9. The van der Waals surface area contributed by atoms with Crippen molar-refractivity contribution in [1.82, 2.24) is 25.2 Å². The average Bonchev–Trinajstić information content (AvgIpc) is 3.39. The summed E-state index contributed by atoms with van der Waals surface area (Å²) in [6, 6.07) is 0.378. The number of pyridine rings is 1. The summed E-state index contributed by atoms with van der Waals surface area (Å²) in [4.78, 5) is 15.5. The van der Waals surface area contributed by atoms with Crippen molar-refractivity contribution in [3.05, 3.63) is 40.0 Å². The maximum absolute atomic E-state index is 16.3. The van der Waals surface area contributed by atoms with Crippen LogP contribution in [0.3, 0.4) is 0 Å². The molecule has 2 fully saturated rings. The van der Waals surface area contributed by atoms with Crippen LogP contribution in [0.15, 0.2) is 28.5 Å². The molecule has 0 saturated carbocycles. The Kier molecular flexibility index (Phi) is 10.4. The molecule has 45 heavy (non-hydrogen) atoms. The van der Waals surface area contributed by atoms with Crippen molar-refractivity contribution in [1.29, 1.82) is 0 Å². The van der Waals surface area contributed by atoms with Crippen molar-refractivity contribution in [2.24, 2.45) is 5.73 Å². The second kappa shape index (κ2) is 14.1. The van der Waals surface area contributed by atoms with Crippen molar-refractivity contribution in [2.45, 2.75) is 70.4 Å². The fraction of sp³-hybridized carbons (Fsp3) is 0.567. The molecule has 4 atom stereocenters. The molecule has 3 aliphatic rings. The lowest BCUT2D eigenvalue weighted by molar-refractivity contribution is -0.0884. The summed E-state index contributed by atoms with van der Waals surface area (Å²) in [5.41, 5.74) is 4.16. The number of nitrogens with one attached hydrogen (secondary N) is 2. The smallest absolute Gasteiger partial charge is 0.416 e. The largest absolute Gasteiger partial charge is 0.474 e. The van der Waals surface area contributed by atoms with Gasteiger partial charge in [0.1, 0.15) is 29.0 Å². The number of nitrogens with zero attached hydrogens (tertiary/aromatic N) is 4. The predicted molar refractivity (Wildman–Crippen MR) is 164 cm³/mol. The van der Waals surface area contributed by atoms with Gasteiger partial charge in [0.05, 0.1) is 24.9 Å². The lowest BCUT2D eigenvalue weighted by Gasteiger charge is -2.33. The molecule has 15 heteroatoms.